The van der Waals surface area contributed by atoms with Crippen molar-refractivity contribution in [3.63, 3.8) is 0 Å². The highest BCUT2D eigenvalue weighted by Crippen LogP contribution is 2.09. The van der Waals surface area contributed by atoms with Crippen LogP contribution in [0.1, 0.15) is 27.2 Å². The van der Waals surface area contributed by atoms with Gasteiger partial charge in [0, 0.05) is 7.11 Å². The van der Waals surface area contributed by atoms with Crippen molar-refractivity contribution >= 4 is 5.91 Å². The van der Waals surface area contributed by atoms with Crippen LogP contribution >= 0.6 is 0 Å². The third-order valence-electron chi connectivity index (χ3n) is 1.51. The van der Waals surface area contributed by atoms with Gasteiger partial charge in [-0.25, -0.2) is 5.84 Å². The highest BCUT2D eigenvalue weighted by atomic mass is 16.5. The second-order valence-electron chi connectivity index (χ2n) is 3.68. The molecule has 0 radical (unpaired) electrons. The van der Waals surface area contributed by atoms with Crippen LogP contribution in [0.5, 0.6) is 0 Å². The van der Waals surface area contributed by atoms with Crippen LogP contribution in [0.3, 0.4) is 0 Å². The van der Waals surface area contributed by atoms with Crippen LogP contribution < -0.4 is 5.84 Å². The molecule has 0 aromatic carbocycles. The third-order valence-corrected chi connectivity index (χ3v) is 1.51. The molecular weight excluding hydrogens is 156 g/mol. The summed E-state index contributed by atoms with van der Waals surface area (Å²) < 4.78 is 4.77. The molecule has 0 heterocycles. The number of carbonyl (C=O) groups is 1. The average molecular weight is 174 g/mol. The molecule has 1 amide bonds. The van der Waals surface area contributed by atoms with Gasteiger partial charge in [0.15, 0.2) is 0 Å². The summed E-state index contributed by atoms with van der Waals surface area (Å²) in [4.78, 5) is 11.3. The molecule has 0 saturated heterocycles. The van der Waals surface area contributed by atoms with E-state index >= 15 is 0 Å². The van der Waals surface area contributed by atoms with Gasteiger partial charge in [-0.1, -0.05) is 0 Å². The Morgan fingerprint density at radius 3 is 2.33 bits per heavy atom. The molecule has 0 aliphatic carbocycles. The van der Waals surface area contributed by atoms with Gasteiger partial charge in [-0.15, -0.1) is 0 Å². The van der Waals surface area contributed by atoms with Crippen molar-refractivity contribution in [2.75, 3.05) is 13.7 Å². The Labute approximate surface area is 73.6 Å². The van der Waals surface area contributed by atoms with E-state index in [0.717, 1.165) is 0 Å². The van der Waals surface area contributed by atoms with Crippen molar-refractivity contribution < 1.29 is 9.53 Å². The van der Waals surface area contributed by atoms with E-state index in [1.54, 1.807) is 7.11 Å². The number of methoxy groups -OCH3 is 1. The molecule has 0 saturated carbocycles. The molecule has 72 valence electrons. The zero-order valence-electron chi connectivity index (χ0n) is 8.26. The van der Waals surface area contributed by atoms with Crippen molar-refractivity contribution in [3.8, 4) is 0 Å². The van der Waals surface area contributed by atoms with Gasteiger partial charge in [0.2, 0.25) is 5.91 Å². The fourth-order valence-electron chi connectivity index (χ4n) is 0.684. The first-order chi connectivity index (χ1) is 5.39. The van der Waals surface area contributed by atoms with Crippen LogP contribution in [0.4, 0.5) is 0 Å². The maximum absolute atomic E-state index is 11.3. The molecule has 4 nitrogen and oxygen atoms in total. The van der Waals surface area contributed by atoms with Gasteiger partial charge < -0.3 is 4.74 Å². The fourth-order valence-corrected chi connectivity index (χ4v) is 0.684. The Morgan fingerprint density at radius 2 is 2.00 bits per heavy atom. The van der Waals surface area contributed by atoms with Gasteiger partial charge >= 0.3 is 0 Å². The number of nitrogens with zero attached hydrogens (tertiary/aromatic N) is 1. The Bertz CT molecular complexity index is 152. The summed E-state index contributed by atoms with van der Waals surface area (Å²) in [5.74, 6) is 5.47. The second kappa shape index (κ2) is 4.42. The van der Waals surface area contributed by atoms with E-state index in [9.17, 15) is 4.79 Å². The molecule has 4 heteroatoms. The lowest BCUT2D eigenvalue weighted by Gasteiger charge is -2.30. The Morgan fingerprint density at radius 1 is 1.50 bits per heavy atom. The smallest absolute Gasteiger partial charge is 0.239 e. The molecule has 0 aliphatic rings. The first-order valence-corrected chi connectivity index (χ1v) is 3.96. The summed E-state index contributed by atoms with van der Waals surface area (Å²) in [6, 6.07) is 0. The van der Waals surface area contributed by atoms with Gasteiger partial charge in [0.05, 0.1) is 18.6 Å². The van der Waals surface area contributed by atoms with Gasteiger partial charge in [0.25, 0.3) is 0 Å². The number of ether oxygens (including phenoxy) is 1. The average Bonchev–Trinajstić information content (AvgIpc) is 1.97. The zero-order chi connectivity index (χ0) is 9.78. The first kappa shape index (κ1) is 11.4. The van der Waals surface area contributed by atoms with Gasteiger partial charge in [0.1, 0.15) is 0 Å². The molecule has 0 aromatic heterocycles. The summed E-state index contributed by atoms with van der Waals surface area (Å²) in [5.41, 5.74) is -0.315. The zero-order valence-corrected chi connectivity index (χ0v) is 8.26. The molecule has 0 atom stereocenters. The van der Waals surface area contributed by atoms with E-state index in [1.807, 2.05) is 20.8 Å². The lowest BCUT2D eigenvalue weighted by Crippen LogP contribution is -2.50. The van der Waals surface area contributed by atoms with Gasteiger partial charge in [-0.3, -0.25) is 9.80 Å². The van der Waals surface area contributed by atoms with Crippen molar-refractivity contribution in [2.24, 2.45) is 5.84 Å². The highest BCUT2D eigenvalue weighted by Gasteiger charge is 2.22. The van der Waals surface area contributed by atoms with Crippen molar-refractivity contribution in [3.05, 3.63) is 0 Å². The van der Waals surface area contributed by atoms with E-state index in [-0.39, 0.29) is 11.4 Å². The van der Waals surface area contributed by atoms with Crippen LogP contribution in [-0.2, 0) is 9.53 Å². The van der Waals surface area contributed by atoms with Crippen molar-refractivity contribution in [2.45, 2.75) is 32.7 Å². The molecule has 0 rings (SSSR count). The monoisotopic (exact) mass is 174 g/mol. The minimum absolute atomic E-state index is 0.0932. The van der Waals surface area contributed by atoms with Crippen LogP contribution in [0, 0.1) is 0 Å². The number of rotatable bonds is 3. The normalized spacial score (nSPS) is 11.4. The van der Waals surface area contributed by atoms with Crippen molar-refractivity contribution in [1.29, 1.82) is 0 Å². The Balaban J connectivity index is 3.94. The summed E-state index contributed by atoms with van der Waals surface area (Å²) in [6.45, 7) is 6.08. The standard InChI is InChI=1S/C8H18N2O2/c1-8(2,3)10(9)7(11)5-6-12-4/h5-6,9H2,1-4H3. The Kier molecular flexibility index (Phi) is 4.20. The van der Waals surface area contributed by atoms with E-state index in [0.29, 0.717) is 13.0 Å². The molecule has 2 N–H and O–H groups in total. The number of hydrazine groups is 1. The fraction of sp³-hybridized carbons (Fsp3) is 0.875. The number of carbonyl (C=O) groups excluding carboxylic acids is 1. The maximum Gasteiger partial charge on any atom is 0.239 e. The lowest BCUT2D eigenvalue weighted by molar-refractivity contribution is -0.137. The summed E-state index contributed by atoms with van der Waals surface area (Å²) in [6.07, 6.45) is 0.338. The van der Waals surface area contributed by atoms with Gasteiger partial charge in [-0.2, -0.15) is 0 Å². The summed E-state index contributed by atoms with van der Waals surface area (Å²) >= 11 is 0. The Hall–Kier alpha value is -0.610. The molecule has 0 bridgehead atoms. The largest absolute Gasteiger partial charge is 0.384 e. The third kappa shape index (κ3) is 3.69. The van der Waals surface area contributed by atoms with Crippen molar-refractivity contribution in [1.82, 2.24) is 5.01 Å². The number of hydrogen-bond acceptors (Lipinski definition) is 3. The summed E-state index contributed by atoms with van der Waals surface area (Å²) in [5, 5.41) is 1.24. The van der Waals surface area contributed by atoms with Crippen LogP contribution in [0.15, 0.2) is 0 Å². The topological polar surface area (TPSA) is 55.6 Å². The molecule has 0 fully saturated rings. The molecular formula is C8H18N2O2. The quantitative estimate of drug-likeness (QED) is 0.385. The number of hydrogen-bond donors (Lipinski definition) is 1. The molecule has 0 spiro atoms. The van der Waals surface area contributed by atoms with E-state index < -0.39 is 0 Å². The first-order valence-electron chi connectivity index (χ1n) is 3.96. The van der Waals surface area contributed by atoms with E-state index in [2.05, 4.69) is 0 Å². The van der Waals surface area contributed by atoms with Gasteiger partial charge in [-0.05, 0) is 20.8 Å². The highest BCUT2D eigenvalue weighted by molar-refractivity contribution is 5.76. The number of nitrogens with two attached hydrogens (primary N) is 1. The molecule has 0 aromatic rings. The van der Waals surface area contributed by atoms with Crippen LogP contribution in [-0.4, -0.2) is 30.2 Å². The van der Waals surface area contributed by atoms with E-state index in [4.69, 9.17) is 10.6 Å². The maximum atomic E-state index is 11.3. The predicted octanol–water partition coefficient (Wildman–Crippen LogP) is 0.524. The summed E-state index contributed by atoms with van der Waals surface area (Å²) in [7, 11) is 1.56. The molecule has 12 heavy (non-hydrogen) atoms. The number of amides is 1. The second-order valence-corrected chi connectivity index (χ2v) is 3.68. The predicted molar refractivity (Wildman–Crippen MR) is 47.3 cm³/mol. The lowest BCUT2D eigenvalue weighted by atomic mass is 10.1. The molecule has 0 unspecified atom stereocenters. The van der Waals surface area contributed by atoms with E-state index in [1.165, 1.54) is 5.01 Å². The SMILES string of the molecule is COCCC(=O)N(N)C(C)(C)C. The minimum atomic E-state index is -0.315. The van der Waals surface area contributed by atoms with Crippen LogP contribution in [0.25, 0.3) is 0 Å². The minimum Gasteiger partial charge on any atom is -0.384 e. The molecule has 0 aliphatic heterocycles. The van der Waals surface area contributed by atoms with Crippen LogP contribution in [0.2, 0.25) is 0 Å².